The fraction of sp³-hybridized carbons (Fsp3) is 0.158. The van der Waals surface area contributed by atoms with Crippen molar-refractivity contribution in [2.45, 2.75) is 6.92 Å². The van der Waals surface area contributed by atoms with Crippen LogP contribution >= 0.6 is 0 Å². The Kier molecular flexibility index (Phi) is 6.59. The van der Waals surface area contributed by atoms with E-state index in [0.29, 0.717) is 23.7 Å². The van der Waals surface area contributed by atoms with Crippen molar-refractivity contribution in [2.24, 2.45) is 0 Å². The Morgan fingerprint density at radius 1 is 1.04 bits per heavy atom. The molecule has 25 heavy (non-hydrogen) atoms. The highest BCUT2D eigenvalue weighted by Gasteiger charge is 2.06. The van der Waals surface area contributed by atoms with E-state index in [4.69, 9.17) is 9.47 Å². The average molecular weight is 340 g/mol. The van der Waals surface area contributed by atoms with Crippen LogP contribution in [0, 0.1) is 0 Å². The molecule has 2 N–H and O–H groups in total. The van der Waals surface area contributed by atoms with E-state index in [1.165, 1.54) is 6.08 Å². The van der Waals surface area contributed by atoms with Crippen molar-refractivity contribution < 1.29 is 19.1 Å². The summed E-state index contributed by atoms with van der Waals surface area (Å²) in [5.74, 6) is 0.395. The van der Waals surface area contributed by atoms with E-state index in [-0.39, 0.29) is 5.91 Å². The number of rotatable bonds is 6. The Hall–Kier alpha value is -3.28. The number of nitrogens with one attached hydrogen (secondary N) is 2. The Morgan fingerprint density at radius 3 is 2.48 bits per heavy atom. The number of amides is 2. The van der Waals surface area contributed by atoms with Crippen molar-refractivity contribution in [2.75, 3.05) is 13.7 Å². The van der Waals surface area contributed by atoms with Crippen LogP contribution in [0.2, 0.25) is 0 Å². The van der Waals surface area contributed by atoms with Crippen LogP contribution < -0.4 is 20.3 Å². The summed E-state index contributed by atoms with van der Waals surface area (Å²) in [5, 5.41) is 0. The van der Waals surface area contributed by atoms with Gasteiger partial charge in [-0.05, 0) is 42.8 Å². The van der Waals surface area contributed by atoms with Gasteiger partial charge in [-0.1, -0.05) is 24.3 Å². The van der Waals surface area contributed by atoms with Crippen LogP contribution in [-0.2, 0) is 4.79 Å². The predicted octanol–water partition coefficient (Wildman–Crippen LogP) is 2.57. The first kappa shape index (κ1) is 18.1. The molecule has 130 valence electrons. The number of benzene rings is 2. The molecule has 2 amide bonds. The van der Waals surface area contributed by atoms with E-state index >= 15 is 0 Å². The van der Waals surface area contributed by atoms with E-state index < -0.39 is 5.91 Å². The first-order valence-electron chi connectivity index (χ1n) is 7.78. The highest BCUT2D eigenvalue weighted by Crippen LogP contribution is 2.28. The molecule has 0 aliphatic heterocycles. The summed E-state index contributed by atoms with van der Waals surface area (Å²) in [5.41, 5.74) is 5.92. The van der Waals surface area contributed by atoms with Gasteiger partial charge < -0.3 is 9.47 Å². The van der Waals surface area contributed by atoms with Gasteiger partial charge in [-0.25, -0.2) is 0 Å². The number of ether oxygens (including phenoxy) is 2. The molecule has 0 atom stereocenters. The molecule has 0 aromatic heterocycles. The minimum Gasteiger partial charge on any atom is -0.493 e. The average Bonchev–Trinajstić information content (AvgIpc) is 2.65. The fourth-order valence-corrected chi connectivity index (χ4v) is 2.06. The van der Waals surface area contributed by atoms with Gasteiger partial charge in [-0.15, -0.1) is 0 Å². The second kappa shape index (κ2) is 9.12. The van der Waals surface area contributed by atoms with E-state index in [0.717, 1.165) is 5.56 Å². The van der Waals surface area contributed by atoms with Crippen molar-refractivity contribution in [1.82, 2.24) is 10.9 Å². The zero-order valence-corrected chi connectivity index (χ0v) is 14.1. The van der Waals surface area contributed by atoms with Crippen LogP contribution in [0.5, 0.6) is 11.5 Å². The monoisotopic (exact) mass is 340 g/mol. The van der Waals surface area contributed by atoms with Gasteiger partial charge >= 0.3 is 0 Å². The molecule has 0 fully saturated rings. The lowest BCUT2D eigenvalue weighted by molar-refractivity contribution is -0.117. The van der Waals surface area contributed by atoms with Crippen molar-refractivity contribution in [1.29, 1.82) is 0 Å². The molecule has 0 heterocycles. The third-order valence-corrected chi connectivity index (χ3v) is 3.25. The Balaban J connectivity index is 1.93. The maximum absolute atomic E-state index is 11.8. The summed E-state index contributed by atoms with van der Waals surface area (Å²) in [6.45, 7) is 2.39. The Labute approximate surface area is 146 Å². The molecule has 6 heteroatoms. The molecule has 0 spiro atoms. The molecule has 0 aliphatic rings. The number of carbonyl (C=O) groups excluding carboxylic acids is 2. The minimum absolute atomic E-state index is 0.384. The number of hydrazine groups is 1. The number of hydrogen-bond donors (Lipinski definition) is 2. The third kappa shape index (κ3) is 5.39. The smallest absolute Gasteiger partial charge is 0.269 e. The molecule has 0 unspecified atom stereocenters. The van der Waals surface area contributed by atoms with Crippen LogP contribution in [-0.4, -0.2) is 25.5 Å². The van der Waals surface area contributed by atoms with Crippen molar-refractivity contribution >= 4 is 17.9 Å². The topological polar surface area (TPSA) is 76.7 Å². The summed E-state index contributed by atoms with van der Waals surface area (Å²) in [7, 11) is 1.57. The molecule has 2 rings (SSSR count). The first-order chi connectivity index (χ1) is 12.1. The maximum atomic E-state index is 11.8. The number of carbonyl (C=O) groups is 2. The van der Waals surface area contributed by atoms with Gasteiger partial charge in [0.25, 0.3) is 11.8 Å². The standard InChI is InChI=1S/C19H20N2O4/c1-3-25-17-13-14(9-11-16(17)24-2)10-12-18(22)20-21-19(23)15-7-5-4-6-8-15/h4-13H,3H2,1-2H3,(H,20,22)(H,21,23)/b12-10+. The summed E-state index contributed by atoms with van der Waals surface area (Å²) >= 11 is 0. The molecule has 0 bridgehead atoms. The van der Waals surface area contributed by atoms with Crippen LogP contribution in [0.15, 0.2) is 54.6 Å². The molecule has 6 nitrogen and oxygen atoms in total. The second-order valence-corrected chi connectivity index (χ2v) is 4.99. The Morgan fingerprint density at radius 2 is 1.80 bits per heavy atom. The van der Waals surface area contributed by atoms with Crippen LogP contribution in [0.1, 0.15) is 22.8 Å². The maximum Gasteiger partial charge on any atom is 0.269 e. The minimum atomic E-state index is -0.446. The SMILES string of the molecule is CCOc1cc(/C=C/C(=O)NNC(=O)c2ccccc2)ccc1OC. The zero-order chi connectivity index (χ0) is 18.1. The van der Waals surface area contributed by atoms with Crippen LogP contribution in [0.4, 0.5) is 0 Å². The molecule has 0 saturated carbocycles. The van der Waals surface area contributed by atoms with Gasteiger partial charge in [-0.2, -0.15) is 0 Å². The van der Waals surface area contributed by atoms with Gasteiger partial charge in [0.2, 0.25) is 0 Å². The van der Waals surface area contributed by atoms with Gasteiger partial charge in [0.1, 0.15) is 0 Å². The molecule has 2 aromatic carbocycles. The predicted molar refractivity (Wildman–Crippen MR) is 95.2 cm³/mol. The molecular formula is C19H20N2O4. The number of hydrogen-bond acceptors (Lipinski definition) is 4. The van der Waals surface area contributed by atoms with Crippen molar-refractivity contribution in [3.05, 3.63) is 65.7 Å². The normalized spacial score (nSPS) is 10.3. The van der Waals surface area contributed by atoms with E-state index in [1.807, 2.05) is 13.0 Å². The lowest BCUT2D eigenvalue weighted by Crippen LogP contribution is -2.40. The molecule has 0 radical (unpaired) electrons. The molecule has 0 aliphatic carbocycles. The van der Waals surface area contributed by atoms with Crippen molar-refractivity contribution in [3.63, 3.8) is 0 Å². The summed E-state index contributed by atoms with van der Waals surface area (Å²) in [4.78, 5) is 23.6. The van der Waals surface area contributed by atoms with Crippen LogP contribution in [0.25, 0.3) is 6.08 Å². The zero-order valence-electron chi connectivity index (χ0n) is 14.1. The summed E-state index contributed by atoms with van der Waals surface area (Å²) in [6, 6.07) is 14.0. The lowest BCUT2D eigenvalue weighted by Gasteiger charge is -2.09. The quantitative estimate of drug-likeness (QED) is 0.626. The highest BCUT2D eigenvalue weighted by atomic mass is 16.5. The second-order valence-electron chi connectivity index (χ2n) is 4.99. The Bertz CT molecular complexity index is 757. The third-order valence-electron chi connectivity index (χ3n) is 3.25. The highest BCUT2D eigenvalue weighted by molar-refractivity contribution is 5.97. The van der Waals surface area contributed by atoms with E-state index in [1.54, 1.807) is 55.7 Å². The van der Waals surface area contributed by atoms with Gasteiger partial charge in [-0.3, -0.25) is 20.4 Å². The van der Waals surface area contributed by atoms with E-state index in [9.17, 15) is 9.59 Å². The molecule has 0 saturated heterocycles. The van der Waals surface area contributed by atoms with Gasteiger partial charge in [0.05, 0.1) is 13.7 Å². The lowest BCUT2D eigenvalue weighted by atomic mass is 10.2. The molecule has 2 aromatic rings. The summed E-state index contributed by atoms with van der Waals surface area (Å²) in [6.07, 6.45) is 2.94. The summed E-state index contributed by atoms with van der Waals surface area (Å²) < 4.78 is 10.7. The van der Waals surface area contributed by atoms with Crippen molar-refractivity contribution in [3.8, 4) is 11.5 Å². The van der Waals surface area contributed by atoms with Gasteiger partial charge in [0, 0.05) is 11.6 Å². The van der Waals surface area contributed by atoms with E-state index in [2.05, 4.69) is 10.9 Å². The van der Waals surface area contributed by atoms with Gasteiger partial charge in [0.15, 0.2) is 11.5 Å². The van der Waals surface area contributed by atoms with Crippen LogP contribution in [0.3, 0.4) is 0 Å². The largest absolute Gasteiger partial charge is 0.493 e. The molecular weight excluding hydrogens is 320 g/mol. The fourth-order valence-electron chi connectivity index (χ4n) is 2.06. The first-order valence-corrected chi connectivity index (χ1v) is 7.78. The number of methoxy groups -OCH3 is 1.